The quantitative estimate of drug-likeness (QED) is 0.0672. The molecule has 0 unspecified atom stereocenters. The molecular formula is C62H77N9O11S. The van der Waals surface area contributed by atoms with E-state index in [0.717, 1.165) is 38.9 Å². The van der Waals surface area contributed by atoms with E-state index in [2.05, 4.69) is 39.3 Å². The topological polar surface area (TPSA) is 254 Å². The van der Waals surface area contributed by atoms with E-state index in [1.54, 1.807) is 50.9 Å². The number of likely N-dealkylation sites (N-methyl/N-ethyl adjacent to an activating group) is 1. The second-order valence-electron chi connectivity index (χ2n) is 23.8. The Balaban J connectivity index is 1.03. The second kappa shape index (κ2) is 24.2. The van der Waals surface area contributed by atoms with Crippen molar-refractivity contribution in [3.8, 4) is 39.6 Å². The Bertz CT molecular complexity index is 3510. The number of esters is 1. The predicted octanol–water partition coefficient (Wildman–Crippen LogP) is 6.97. The minimum Gasteiger partial charge on any atom is -0.508 e. The Morgan fingerprint density at radius 2 is 1.75 bits per heavy atom. The fourth-order valence-electron chi connectivity index (χ4n) is 12.3. The van der Waals surface area contributed by atoms with E-state index in [9.17, 15) is 32.7 Å². The first kappa shape index (κ1) is 59.0. The number of aromatic nitrogens is 3. The number of carbonyl (C=O) groups is 4. The van der Waals surface area contributed by atoms with Gasteiger partial charge in [0, 0.05) is 99.6 Å². The van der Waals surface area contributed by atoms with Crippen molar-refractivity contribution >= 4 is 50.1 Å². The number of nitrogens with zero attached hydrogens (tertiary/aromatic N) is 6. The summed E-state index contributed by atoms with van der Waals surface area (Å²) in [5.74, 6) is -2.06. The minimum absolute atomic E-state index is 0.0294. The van der Waals surface area contributed by atoms with Crippen LogP contribution >= 0.6 is 0 Å². The number of ether oxygens (including phenoxy) is 3. The number of nitrogen functional groups attached to an aromatic ring is 1. The number of pyridine rings is 1. The number of phenols is 1. The fraction of sp³-hybridized carbons (Fsp3) is 0.484. The van der Waals surface area contributed by atoms with Crippen LogP contribution in [0.3, 0.4) is 0 Å². The molecule has 3 saturated heterocycles. The number of oxazole rings is 1. The maximum Gasteiger partial charge on any atom is 0.324 e. The van der Waals surface area contributed by atoms with Gasteiger partial charge >= 0.3 is 5.97 Å². The number of phenolic OH excluding ortho intramolecular Hbond substituents is 1. The van der Waals surface area contributed by atoms with Gasteiger partial charge in [0.15, 0.2) is 9.84 Å². The number of nitrogens with one attached hydrogen (secondary N) is 2. The fourth-order valence-corrected chi connectivity index (χ4v) is 13.6. The normalized spacial score (nSPS) is 22.0. The molecule has 0 spiro atoms. The molecule has 0 radical (unpaired) electrons. The molecule has 6 bridgehead atoms. The molecule has 3 aromatic heterocycles. The molecule has 3 amide bonds. The highest BCUT2D eigenvalue weighted by Gasteiger charge is 2.43. The number of sulfone groups is 1. The van der Waals surface area contributed by atoms with Gasteiger partial charge in [-0.05, 0) is 116 Å². The molecule has 10 rings (SSSR count). The van der Waals surface area contributed by atoms with Crippen molar-refractivity contribution in [2.24, 2.45) is 11.3 Å². The standard InChI is InChI=1S/C62H77N9O11S/c1-9-70-52-17-14-40-29-47(52)49(55(70)48-30-42(32-64-53(48)37(4)79-8)58-65-44(34-81-58)33-69-20-23-83(77,78)24-21-69)31-62(5,6)35-82-61(76)50-11-10-19-71(67-50)59(74)51(27-38-25-41(40)28-45(72)26-38)66-57(73)54(36(2)3)68(7)60(75)56-46(18-22-80-56)39-12-15-43(63)16-13-39/h12-17,25-26,28-30,32,34,36-37,46,50-51,54,56,67,72H,9-11,18-24,27,31,33,35,63H2,1-8H3,(H,66,73)/t37-,46+,50-,51-,54-,56+/m0/s1. The zero-order chi connectivity index (χ0) is 59.1. The molecule has 21 heteroatoms. The average Bonchev–Trinajstić information content (AvgIpc) is 3.02. The molecule has 3 aromatic carbocycles. The zero-order valence-electron chi connectivity index (χ0n) is 48.6. The van der Waals surface area contributed by atoms with Crippen LogP contribution in [0, 0.1) is 11.3 Å². The third-order valence-corrected chi connectivity index (χ3v) is 18.4. The molecule has 6 atom stereocenters. The van der Waals surface area contributed by atoms with Gasteiger partial charge in [0.2, 0.25) is 11.8 Å². The highest BCUT2D eigenvalue weighted by molar-refractivity contribution is 7.91. The Morgan fingerprint density at radius 1 is 0.988 bits per heavy atom. The van der Waals surface area contributed by atoms with Crippen LogP contribution in [-0.4, -0.2) is 149 Å². The summed E-state index contributed by atoms with van der Waals surface area (Å²) in [5.41, 5.74) is 17.5. The van der Waals surface area contributed by atoms with E-state index in [0.29, 0.717) is 98.1 Å². The molecule has 3 fully saturated rings. The Labute approximate surface area is 484 Å². The van der Waals surface area contributed by atoms with Crippen molar-refractivity contribution < 1.29 is 51.3 Å². The molecule has 6 aromatic rings. The maximum atomic E-state index is 15.0. The molecular weight excluding hydrogens is 1080 g/mol. The van der Waals surface area contributed by atoms with E-state index in [4.69, 9.17) is 34.3 Å². The molecule has 5 N–H and O–H groups in total. The summed E-state index contributed by atoms with van der Waals surface area (Å²) >= 11 is 0. The van der Waals surface area contributed by atoms with Gasteiger partial charge in [-0.15, -0.1) is 0 Å². The van der Waals surface area contributed by atoms with Crippen LogP contribution in [0.15, 0.2) is 83.6 Å². The highest BCUT2D eigenvalue weighted by atomic mass is 32.2. The number of rotatable bonds is 13. The first-order chi connectivity index (χ1) is 39.6. The first-order valence-corrected chi connectivity index (χ1v) is 30.6. The number of carbonyl (C=O) groups excluding carboxylic acids is 4. The number of aryl methyl sites for hydroxylation is 1. The summed E-state index contributed by atoms with van der Waals surface area (Å²) < 4.78 is 50.9. The van der Waals surface area contributed by atoms with Crippen molar-refractivity contribution in [1.82, 2.24) is 40.1 Å². The number of hydrogen-bond donors (Lipinski definition) is 4. The molecule has 7 heterocycles. The number of benzene rings is 3. The lowest BCUT2D eigenvalue weighted by atomic mass is 9.84. The first-order valence-electron chi connectivity index (χ1n) is 28.8. The number of nitrogens with two attached hydrogens (primary N) is 1. The van der Waals surface area contributed by atoms with E-state index >= 15 is 0 Å². The lowest BCUT2D eigenvalue weighted by Gasteiger charge is -2.37. The third-order valence-electron chi connectivity index (χ3n) is 16.7. The Kier molecular flexibility index (Phi) is 17.2. The Hall–Kier alpha value is -7.17. The lowest BCUT2D eigenvalue weighted by molar-refractivity contribution is -0.155. The number of hydrazine groups is 1. The molecule has 442 valence electrons. The van der Waals surface area contributed by atoms with E-state index in [-0.39, 0.29) is 54.6 Å². The van der Waals surface area contributed by atoms with E-state index < -0.39 is 63.4 Å². The minimum atomic E-state index is -3.06. The van der Waals surface area contributed by atoms with Crippen LogP contribution in [0.1, 0.15) is 101 Å². The van der Waals surface area contributed by atoms with Gasteiger partial charge in [0.05, 0.1) is 46.9 Å². The molecule has 4 aliphatic heterocycles. The number of anilines is 1. The van der Waals surface area contributed by atoms with Crippen molar-refractivity contribution in [3.05, 3.63) is 107 Å². The summed E-state index contributed by atoms with van der Waals surface area (Å²) in [5, 5.41) is 16.9. The van der Waals surface area contributed by atoms with Gasteiger partial charge in [0.1, 0.15) is 36.2 Å². The van der Waals surface area contributed by atoms with Crippen molar-refractivity contribution in [2.75, 3.05) is 64.2 Å². The van der Waals surface area contributed by atoms with Crippen LogP contribution in [0.25, 0.3) is 44.7 Å². The number of amides is 3. The zero-order valence-corrected chi connectivity index (χ0v) is 49.5. The van der Waals surface area contributed by atoms with Crippen molar-refractivity contribution in [3.63, 3.8) is 0 Å². The number of hydrogen-bond acceptors (Lipinski definition) is 16. The number of methoxy groups -OCH3 is 1. The third kappa shape index (κ3) is 12.7. The summed E-state index contributed by atoms with van der Waals surface area (Å²) in [6.45, 7) is 14.3. The van der Waals surface area contributed by atoms with Gasteiger partial charge in [-0.1, -0.05) is 52.0 Å². The number of aromatic hydroxyl groups is 1. The molecule has 0 saturated carbocycles. The monoisotopic (exact) mass is 1160 g/mol. The lowest BCUT2D eigenvalue weighted by Crippen LogP contribution is -2.62. The number of cyclic esters (lactones) is 1. The van der Waals surface area contributed by atoms with Gasteiger partial charge in [-0.25, -0.2) is 18.8 Å². The summed E-state index contributed by atoms with van der Waals surface area (Å²) in [4.78, 5) is 71.9. The van der Waals surface area contributed by atoms with Crippen LogP contribution < -0.4 is 16.5 Å². The van der Waals surface area contributed by atoms with Crippen LogP contribution in [0.2, 0.25) is 0 Å². The molecule has 20 nitrogen and oxygen atoms in total. The average molecular weight is 1160 g/mol. The predicted molar refractivity (Wildman–Crippen MR) is 314 cm³/mol. The molecule has 0 aliphatic carbocycles. The smallest absolute Gasteiger partial charge is 0.324 e. The van der Waals surface area contributed by atoms with E-state index in [1.165, 1.54) is 9.91 Å². The van der Waals surface area contributed by atoms with E-state index in [1.807, 2.05) is 65.0 Å². The second-order valence-corrected chi connectivity index (χ2v) is 26.1. The van der Waals surface area contributed by atoms with Crippen molar-refractivity contribution in [1.29, 1.82) is 0 Å². The van der Waals surface area contributed by atoms with Gasteiger partial charge in [0.25, 0.3) is 11.8 Å². The maximum absolute atomic E-state index is 15.0. The van der Waals surface area contributed by atoms with Crippen LogP contribution in [0.5, 0.6) is 5.75 Å². The summed E-state index contributed by atoms with van der Waals surface area (Å²) in [6, 6.07) is 17.6. The van der Waals surface area contributed by atoms with Crippen molar-refractivity contribution in [2.45, 2.75) is 123 Å². The Morgan fingerprint density at radius 3 is 2.47 bits per heavy atom. The largest absolute Gasteiger partial charge is 0.508 e. The SMILES string of the molecule is CCn1c(-c2cc(-c3nc(CN4CCS(=O)(=O)CC4)co3)cnc2[C@H](C)OC)c2c3cc(ccc31)-c1cc(O)cc(c1)C[C@H](NC(=O)[C@H](C(C)C)N(C)C(=O)[C@@H]1OCC[C@@H]1c1ccc(N)cc1)C(=O)N1CCC[C@H](N1)C(=O)OCC(C)(C)C2. The molecule has 83 heavy (non-hydrogen) atoms. The summed E-state index contributed by atoms with van der Waals surface area (Å²) in [6.07, 6.45) is 3.91. The van der Waals surface area contributed by atoms with Gasteiger partial charge in [-0.3, -0.25) is 34.1 Å². The molecule has 4 aliphatic rings. The highest BCUT2D eigenvalue weighted by Crippen LogP contribution is 2.44. The number of fused-ring (bicyclic) bond motifs is 6. The van der Waals surface area contributed by atoms with Crippen LogP contribution in [0.4, 0.5) is 5.69 Å². The summed E-state index contributed by atoms with van der Waals surface area (Å²) in [7, 11) is 0.171. The van der Waals surface area contributed by atoms with Gasteiger partial charge in [-0.2, -0.15) is 0 Å². The van der Waals surface area contributed by atoms with Crippen LogP contribution in [-0.2, 0) is 69.2 Å². The van der Waals surface area contributed by atoms with Gasteiger partial charge < -0.3 is 44.3 Å².